The number of aliphatic hydroxyl groups is 1. The van der Waals surface area contributed by atoms with Crippen molar-refractivity contribution in [2.75, 3.05) is 34.4 Å². The van der Waals surface area contributed by atoms with E-state index in [1.54, 1.807) is 38.7 Å². The van der Waals surface area contributed by atoms with Crippen molar-refractivity contribution < 1.29 is 28.3 Å². The van der Waals surface area contributed by atoms with E-state index < -0.39 is 31.6 Å². The van der Waals surface area contributed by atoms with Crippen LogP contribution in [-0.2, 0) is 44.2 Å². The van der Waals surface area contributed by atoms with Crippen LogP contribution in [0.25, 0.3) is 0 Å². The van der Waals surface area contributed by atoms with Crippen LogP contribution in [0.15, 0.2) is 48.7 Å². The van der Waals surface area contributed by atoms with Crippen molar-refractivity contribution in [2.24, 2.45) is 5.92 Å². The van der Waals surface area contributed by atoms with Gasteiger partial charge in [0.15, 0.2) is 5.60 Å². The molecular weight excluding hydrogens is 607 g/mol. The second-order valence-electron chi connectivity index (χ2n) is 13.4. The maximum atomic E-state index is 16.3. The third-order valence-electron chi connectivity index (χ3n) is 10.1. The SMILES string of the molecule is C[C@H]1[C@H]([Si](C)(C)F)[C@@H](CCn2cc(CCO)nn2)O[C@]12C(=O)N(Cc1cccc(N3CCC3=O)c1)c1ccc(N3CCC3=O)cc12. The van der Waals surface area contributed by atoms with Crippen molar-refractivity contribution in [3.05, 3.63) is 65.5 Å². The second-order valence-corrected chi connectivity index (χ2v) is 17.2. The van der Waals surface area contributed by atoms with Gasteiger partial charge in [-0.1, -0.05) is 24.3 Å². The predicted molar refractivity (Wildman–Crippen MR) is 171 cm³/mol. The number of β-lactam (4-membered cyclic amide) rings is 2. The van der Waals surface area contributed by atoms with Crippen LogP contribution in [0, 0.1) is 5.92 Å². The summed E-state index contributed by atoms with van der Waals surface area (Å²) < 4.78 is 24.9. The van der Waals surface area contributed by atoms with Gasteiger partial charge in [-0.2, -0.15) is 0 Å². The van der Waals surface area contributed by atoms with Gasteiger partial charge >= 0.3 is 0 Å². The molecule has 0 bridgehead atoms. The lowest BCUT2D eigenvalue weighted by Gasteiger charge is -2.33. The van der Waals surface area contributed by atoms with Crippen molar-refractivity contribution in [1.82, 2.24) is 15.0 Å². The third-order valence-corrected chi connectivity index (χ3v) is 12.6. The smallest absolute Gasteiger partial charge is 0.264 e. The Bertz CT molecular complexity index is 1710. The predicted octanol–water partition coefficient (Wildman–Crippen LogP) is 3.70. The molecule has 3 amide bonds. The molecule has 1 spiro atoms. The summed E-state index contributed by atoms with van der Waals surface area (Å²) in [4.78, 5) is 44.6. The van der Waals surface area contributed by atoms with Crippen molar-refractivity contribution in [2.45, 2.75) is 76.0 Å². The molecule has 3 fully saturated rings. The van der Waals surface area contributed by atoms with Gasteiger partial charge in [-0.25, -0.2) is 0 Å². The fourth-order valence-electron chi connectivity index (χ4n) is 7.75. The fourth-order valence-corrected chi connectivity index (χ4v) is 10.3. The number of nitrogens with zero attached hydrogens (tertiary/aromatic N) is 6. The lowest BCUT2D eigenvalue weighted by Crippen LogP contribution is -2.45. The molecule has 46 heavy (non-hydrogen) atoms. The summed E-state index contributed by atoms with van der Waals surface area (Å²) >= 11 is 0. The molecule has 0 radical (unpaired) electrons. The number of fused-ring (bicyclic) bond motifs is 2. The molecular formula is C33H39FN6O5Si. The monoisotopic (exact) mass is 646 g/mol. The van der Waals surface area contributed by atoms with Crippen LogP contribution >= 0.6 is 0 Å². The first-order valence-electron chi connectivity index (χ1n) is 16.0. The zero-order chi connectivity index (χ0) is 32.4. The van der Waals surface area contributed by atoms with Gasteiger partial charge in [-0.15, -0.1) is 5.10 Å². The molecule has 13 heteroatoms. The van der Waals surface area contributed by atoms with E-state index in [0.29, 0.717) is 67.9 Å². The topological polar surface area (TPSA) is 121 Å². The summed E-state index contributed by atoms with van der Waals surface area (Å²) in [5.74, 6) is -0.627. The van der Waals surface area contributed by atoms with Crippen LogP contribution in [0.4, 0.5) is 21.2 Å². The minimum absolute atomic E-state index is 0.0226. The highest BCUT2D eigenvalue weighted by atomic mass is 28.4. The van der Waals surface area contributed by atoms with E-state index in [9.17, 15) is 19.5 Å². The second kappa shape index (κ2) is 11.4. The largest absolute Gasteiger partial charge is 0.396 e. The first-order chi connectivity index (χ1) is 22.0. The molecule has 0 unspecified atom stereocenters. The fraction of sp³-hybridized carbons (Fsp3) is 0.485. The van der Waals surface area contributed by atoms with Gasteiger partial charge in [0.05, 0.1) is 24.0 Å². The summed E-state index contributed by atoms with van der Waals surface area (Å²) in [5, 5.41) is 17.5. The molecule has 4 aliphatic heterocycles. The maximum Gasteiger partial charge on any atom is 0.264 e. The molecule has 242 valence electrons. The van der Waals surface area contributed by atoms with E-state index in [-0.39, 0.29) is 30.9 Å². The Morgan fingerprint density at radius 3 is 2.39 bits per heavy atom. The molecule has 4 atom stereocenters. The number of aryl methyl sites for hydroxylation is 1. The molecule has 0 aliphatic carbocycles. The Balaban J connectivity index is 1.26. The Kier molecular flexibility index (Phi) is 7.60. The number of aliphatic hydroxyl groups excluding tert-OH is 1. The van der Waals surface area contributed by atoms with Crippen molar-refractivity contribution in [3.8, 4) is 0 Å². The molecule has 2 aromatic carbocycles. The lowest BCUT2D eigenvalue weighted by atomic mass is 9.82. The first kappa shape index (κ1) is 30.7. The number of halogens is 1. The van der Waals surface area contributed by atoms with E-state index in [1.165, 1.54) is 0 Å². The van der Waals surface area contributed by atoms with E-state index in [2.05, 4.69) is 10.3 Å². The van der Waals surface area contributed by atoms with E-state index in [4.69, 9.17) is 4.74 Å². The minimum Gasteiger partial charge on any atom is -0.396 e. The zero-order valence-electron chi connectivity index (χ0n) is 26.4. The minimum atomic E-state index is -3.38. The molecule has 7 rings (SSSR count). The normalized spacial score (nSPS) is 25.8. The lowest BCUT2D eigenvalue weighted by molar-refractivity contribution is -0.146. The van der Waals surface area contributed by atoms with Gasteiger partial charge in [0.1, 0.15) is 0 Å². The third kappa shape index (κ3) is 4.95. The Morgan fingerprint density at radius 1 is 1.04 bits per heavy atom. The van der Waals surface area contributed by atoms with Gasteiger partial charge in [0.2, 0.25) is 20.2 Å². The number of anilines is 3. The number of ether oxygens (including phenoxy) is 1. The molecule has 4 aliphatic rings. The van der Waals surface area contributed by atoms with E-state index in [0.717, 1.165) is 11.3 Å². The number of hydrogen-bond donors (Lipinski definition) is 1. The van der Waals surface area contributed by atoms with Crippen molar-refractivity contribution >= 4 is 43.2 Å². The van der Waals surface area contributed by atoms with Crippen LogP contribution in [-0.4, -0.2) is 72.0 Å². The summed E-state index contributed by atoms with van der Waals surface area (Å²) in [7, 11) is -3.38. The number of aromatic nitrogens is 3. The highest BCUT2D eigenvalue weighted by Crippen LogP contribution is 2.61. The van der Waals surface area contributed by atoms with Crippen molar-refractivity contribution in [1.29, 1.82) is 0 Å². The van der Waals surface area contributed by atoms with Gasteiger partial charge in [-0.3, -0.25) is 19.1 Å². The highest BCUT2D eigenvalue weighted by molar-refractivity contribution is 6.72. The maximum absolute atomic E-state index is 16.3. The van der Waals surface area contributed by atoms with Crippen LogP contribution in [0.2, 0.25) is 18.6 Å². The summed E-state index contributed by atoms with van der Waals surface area (Å²) in [6, 6.07) is 13.3. The number of hydrogen-bond acceptors (Lipinski definition) is 7. The Labute approximate surface area is 268 Å². The number of carbonyl (C=O) groups excluding carboxylic acids is 3. The number of benzene rings is 2. The quantitative estimate of drug-likeness (QED) is 0.203. The zero-order valence-corrected chi connectivity index (χ0v) is 27.4. The summed E-state index contributed by atoms with van der Waals surface area (Å²) in [6.07, 6.45) is 3.04. The van der Waals surface area contributed by atoms with Gasteiger partial charge in [0, 0.05) is 80.1 Å². The van der Waals surface area contributed by atoms with Crippen molar-refractivity contribution in [3.63, 3.8) is 0 Å². The summed E-state index contributed by atoms with van der Waals surface area (Å²) in [6.45, 7) is 7.19. The average Bonchev–Trinajstić information content (AvgIpc) is 3.65. The molecule has 3 aromatic rings. The van der Waals surface area contributed by atoms with Gasteiger partial charge in [-0.05, 0) is 55.4 Å². The summed E-state index contributed by atoms with van der Waals surface area (Å²) in [5.41, 5.74) is 2.46. The average molecular weight is 647 g/mol. The van der Waals surface area contributed by atoms with Gasteiger partial charge in [0.25, 0.3) is 5.91 Å². The molecule has 3 saturated heterocycles. The molecule has 1 N–H and O–H groups in total. The Morgan fingerprint density at radius 2 is 1.76 bits per heavy atom. The van der Waals surface area contributed by atoms with Crippen LogP contribution in [0.5, 0.6) is 0 Å². The number of carbonyl (C=O) groups is 3. The number of amides is 3. The molecule has 11 nitrogen and oxygen atoms in total. The van der Waals surface area contributed by atoms with Crippen LogP contribution < -0.4 is 14.7 Å². The van der Waals surface area contributed by atoms with Crippen LogP contribution in [0.3, 0.4) is 0 Å². The highest BCUT2D eigenvalue weighted by Gasteiger charge is 2.66. The molecule has 0 saturated carbocycles. The van der Waals surface area contributed by atoms with Gasteiger partial charge < -0.3 is 28.7 Å². The Hall–Kier alpha value is -3.94. The molecule has 1 aromatic heterocycles. The van der Waals surface area contributed by atoms with E-state index >= 15 is 4.11 Å². The number of rotatable bonds is 10. The van der Waals surface area contributed by atoms with E-state index in [1.807, 2.05) is 49.4 Å². The van der Waals surface area contributed by atoms with Crippen LogP contribution in [0.1, 0.15) is 43.0 Å². The standard InChI is InChI=1S/C33H39FN6O5Si/c1-21-31(46(2,3)34)28(9-13-37-20-23(12-16-41)35-36-37)45-33(21)26-18-25(39-15-11-30(39)43)7-8-27(26)40(32(33)44)19-22-5-4-6-24(17-22)38-14-10-29(38)42/h4-8,17-18,20-21,28,31,41H,9-16,19H2,1-3H3/t21-,28+,31-,33+/m0/s1. The molecule has 5 heterocycles. The first-order valence-corrected chi connectivity index (χ1v) is 19.0.